The minimum Gasteiger partial charge on any atom is -0.338 e. The van der Waals surface area contributed by atoms with Crippen LogP contribution < -0.4 is 15.8 Å². The van der Waals surface area contributed by atoms with Gasteiger partial charge in [-0.25, -0.2) is 22.9 Å². The van der Waals surface area contributed by atoms with Gasteiger partial charge in [0.25, 0.3) is 0 Å². The minimum atomic E-state index is -3.89. The Bertz CT molecular complexity index is 1340. The number of rotatable bonds is 7. The lowest BCUT2D eigenvalue weighted by Gasteiger charge is -2.11. The molecule has 4 aromatic rings. The van der Waals surface area contributed by atoms with Crippen LogP contribution in [-0.2, 0) is 16.4 Å². The smallest absolute Gasteiger partial charge is 0.238 e. The van der Waals surface area contributed by atoms with E-state index >= 15 is 0 Å². The molecule has 32 heavy (non-hydrogen) atoms. The fraction of sp³-hybridized carbons (Fsp3) is 0.100. The van der Waals surface area contributed by atoms with Gasteiger partial charge >= 0.3 is 0 Å². The highest BCUT2D eigenvalue weighted by molar-refractivity contribution is 7.89. The average Bonchev–Trinajstić information content (AvgIpc) is 3.25. The Hall–Kier alpha value is -3.90. The highest BCUT2D eigenvalue weighted by Crippen LogP contribution is 2.23. The van der Waals surface area contributed by atoms with Crippen molar-refractivity contribution in [3.8, 4) is 0 Å². The number of nitrogens with zero attached hydrogens (tertiary/aromatic N) is 4. The first-order chi connectivity index (χ1) is 15.3. The second-order valence-corrected chi connectivity index (χ2v) is 8.53. The van der Waals surface area contributed by atoms with Gasteiger partial charge < -0.3 is 10.6 Å². The molecule has 0 unspecified atom stereocenters. The maximum absolute atomic E-state index is 14.3. The van der Waals surface area contributed by atoms with E-state index in [0.717, 1.165) is 17.5 Å². The number of primary sulfonamides is 1. The van der Waals surface area contributed by atoms with Crippen LogP contribution in [0.15, 0.2) is 59.8 Å². The van der Waals surface area contributed by atoms with E-state index in [1.807, 2.05) is 12.1 Å². The van der Waals surface area contributed by atoms with E-state index in [2.05, 4.69) is 36.0 Å². The lowest BCUT2D eigenvalue weighted by atomic mass is 10.1. The lowest BCUT2D eigenvalue weighted by molar-refractivity contribution is 0.597. The van der Waals surface area contributed by atoms with Crippen molar-refractivity contribution in [1.82, 2.24) is 25.4 Å². The summed E-state index contributed by atoms with van der Waals surface area (Å²) in [6.07, 6.45) is 3.35. The number of hydrogen-bond donors (Lipinski definition) is 4. The molecule has 0 saturated carbocycles. The van der Waals surface area contributed by atoms with Gasteiger partial charge in [0, 0.05) is 24.0 Å². The van der Waals surface area contributed by atoms with Crippen LogP contribution in [0.25, 0.3) is 0 Å². The first-order valence-electron chi connectivity index (χ1n) is 9.42. The molecule has 4 rings (SSSR count). The summed E-state index contributed by atoms with van der Waals surface area (Å²) in [5.41, 5.74) is 3.36. The normalized spacial score (nSPS) is 11.3. The number of benzene rings is 2. The van der Waals surface area contributed by atoms with Crippen molar-refractivity contribution in [3.63, 3.8) is 0 Å². The van der Waals surface area contributed by atoms with Crippen molar-refractivity contribution in [2.24, 2.45) is 5.14 Å². The molecule has 12 heteroatoms. The number of sulfonamides is 1. The van der Waals surface area contributed by atoms with Crippen molar-refractivity contribution in [2.75, 3.05) is 10.6 Å². The van der Waals surface area contributed by atoms with Gasteiger partial charge in [-0.15, -0.1) is 5.10 Å². The van der Waals surface area contributed by atoms with Crippen LogP contribution in [0.5, 0.6) is 0 Å². The SMILES string of the molecule is Cc1ccc(Nc2ncc(F)c(Nc3ccc(Cc4c[nH]nn4)cc3)n2)cc1S(N)(=O)=O. The number of H-pyrrole nitrogens is 1. The van der Waals surface area contributed by atoms with E-state index in [4.69, 9.17) is 5.14 Å². The van der Waals surface area contributed by atoms with E-state index in [0.29, 0.717) is 23.4 Å². The lowest BCUT2D eigenvalue weighted by Crippen LogP contribution is -2.14. The first-order valence-corrected chi connectivity index (χ1v) is 11.0. The molecular weight excluding hydrogens is 435 g/mol. The van der Waals surface area contributed by atoms with Crippen molar-refractivity contribution >= 4 is 33.2 Å². The molecule has 2 heterocycles. The zero-order valence-electron chi connectivity index (χ0n) is 16.9. The standard InChI is InChI=1S/C20H19FN8O2S/c1-12-2-5-15(9-18(12)32(22,30)31)26-20-23-11-17(21)19(27-20)25-14-6-3-13(4-7-14)8-16-10-24-29-28-16/h2-7,9-11H,8H2,1H3,(H2,22,30,31)(H,24,28,29)(H2,23,25,26,27). The number of aryl methyl sites for hydroxylation is 1. The largest absolute Gasteiger partial charge is 0.338 e. The Morgan fingerprint density at radius 2 is 1.84 bits per heavy atom. The number of aromatic amines is 1. The van der Waals surface area contributed by atoms with Crippen LogP contribution >= 0.6 is 0 Å². The molecule has 0 atom stereocenters. The number of halogens is 1. The summed E-state index contributed by atoms with van der Waals surface area (Å²) in [4.78, 5) is 8.04. The summed E-state index contributed by atoms with van der Waals surface area (Å²) < 4.78 is 37.7. The maximum Gasteiger partial charge on any atom is 0.238 e. The molecule has 2 aromatic carbocycles. The van der Waals surface area contributed by atoms with Gasteiger partial charge in [0.2, 0.25) is 16.0 Å². The molecule has 10 nitrogen and oxygen atoms in total. The monoisotopic (exact) mass is 454 g/mol. The van der Waals surface area contributed by atoms with Gasteiger partial charge in [-0.1, -0.05) is 23.4 Å². The second-order valence-electron chi connectivity index (χ2n) is 7.00. The predicted molar refractivity (Wildman–Crippen MR) is 117 cm³/mol. The highest BCUT2D eigenvalue weighted by Gasteiger charge is 2.13. The molecule has 5 N–H and O–H groups in total. The zero-order chi connectivity index (χ0) is 22.7. The molecule has 0 aliphatic carbocycles. The molecule has 0 spiro atoms. The fourth-order valence-corrected chi connectivity index (χ4v) is 3.80. The Morgan fingerprint density at radius 3 is 2.53 bits per heavy atom. The van der Waals surface area contributed by atoms with E-state index < -0.39 is 15.8 Å². The Kier molecular flexibility index (Phi) is 5.79. The molecule has 0 radical (unpaired) electrons. The van der Waals surface area contributed by atoms with Crippen LogP contribution in [-0.4, -0.2) is 33.8 Å². The summed E-state index contributed by atoms with van der Waals surface area (Å²) in [5.74, 6) is -0.595. The third-order valence-electron chi connectivity index (χ3n) is 4.56. The summed E-state index contributed by atoms with van der Waals surface area (Å²) in [5, 5.41) is 21.3. The minimum absolute atomic E-state index is 0.0197. The van der Waals surface area contributed by atoms with Gasteiger partial charge in [0.1, 0.15) is 0 Å². The average molecular weight is 454 g/mol. The summed E-state index contributed by atoms with van der Waals surface area (Å²) >= 11 is 0. The van der Waals surface area contributed by atoms with Gasteiger partial charge in [-0.05, 0) is 42.3 Å². The number of aromatic nitrogens is 5. The van der Waals surface area contributed by atoms with Crippen LogP contribution in [0.3, 0.4) is 0 Å². The summed E-state index contributed by atoms with van der Waals surface area (Å²) in [6.45, 7) is 1.64. The van der Waals surface area contributed by atoms with Gasteiger partial charge in [-0.3, -0.25) is 5.10 Å². The molecule has 0 aliphatic rings. The van der Waals surface area contributed by atoms with E-state index in [9.17, 15) is 12.8 Å². The number of nitrogens with one attached hydrogen (secondary N) is 3. The summed E-state index contributed by atoms with van der Waals surface area (Å²) in [6, 6.07) is 12.0. The molecule has 0 bridgehead atoms. The van der Waals surface area contributed by atoms with Crippen molar-refractivity contribution < 1.29 is 12.8 Å². The highest BCUT2D eigenvalue weighted by atomic mass is 32.2. The molecule has 0 amide bonds. The fourth-order valence-electron chi connectivity index (χ4n) is 2.99. The van der Waals surface area contributed by atoms with Crippen molar-refractivity contribution in [1.29, 1.82) is 0 Å². The Labute approximate surface area is 183 Å². The van der Waals surface area contributed by atoms with Crippen LogP contribution in [0.1, 0.15) is 16.8 Å². The molecule has 0 saturated heterocycles. The quantitative estimate of drug-likeness (QED) is 0.333. The molecule has 0 fully saturated rings. The molecule has 164 valence electrons. The molecular formula is C20H19FN8O2S. The van der Waals surface area contributed by atoms with Gasteiger partial charge in [0.05, 0.1) is 16.8 Å². The van der Waals surface area contributed by atoms with Crippen LogP contribution in [0, 0.1) is 12.7 Å². The van der Waals surface area contributed by atoms with Crippen LogP contribution in [0.4, 0.5) is 27.5 Å². The Balaban J connectivity index is 1.51. The zero-order valence-corrected chi connectivity index (χ0v) is 17.7. The molecule has 0 aliphatic heterocycles. The van der Waals surface area contributed by atoms with Crippen molar-refractivity contribution in [2.45, 2.75) is 18.2 Å². The van der Waals surface area contributed by atoms with E-state index in [-0.39, 0.29) is 16.7 Å². The third-order valence-corrected chi connectivity index (χ3v) is 5.62. The number of anilines is 4. The van der Waals surface area contributed by atoms with Crippen molar-refractivity contribution in [3.05, 3.63) is 77.5 Å². The maximum atomic E-state index is 14.3. The summed E-state index contributed by atoms with van der Waals surface area (Å²) in [7, 11) is -3.89. The number of nitrogens with two attached hydrogens (primary N) is 1. The van der Waals surface area contributed by atoms with Gasteiger partial charge in [-0.2, -0.15) is 4.98 Å². The predicted octanol–water partition coefficient (Wildman–Crippen LogP) is 2.77. The third kappa shape index (κ3) is 5.04. The Morgan fingerprint density at radius 1 is 1.09 bits per heavy atom. The van der Waals surface area contributed by atoms with Crippen LogP contribution in [0.2, 0.25) is 0 Å². The molecule has 2 aromatic heterocycles. The topological polar surface area (TPSA) is 152 Å². The van der Waals surface area contributed by atoms with Gasteiger partial charge in [0.15, 0.2) is 11.6 Å². The number of hydrogen-bond acceptors (Lipinski definition) is 8. The first kappa shape index (κ1) is 21.3. The van der Waals surface area contributed by atoms with E-state index in [1.54, 1.807) is 37.4 Å². The second kappa shape index (κ2) is 8.69. The van der Waals surface area contributed by atoms with E-state index in [1.165, 1.54) is 6.07 Å².